The number of carbonyl (C=O) groups is 1. The van der Waals surface area contributed by atoms with Crippen molar-refractivity contribution in [2.24, 2.45) is 0 Å². The fourth-order valence-electron chi connectivity index (χ4n) is 1.24. The molecule has 1 heterocycles. The molecule has 2 aromatic rings. The highest BCUT2D eigenvalue weighted by Crippen LogP contribution is 2.28. The number of carboxylic acid groups (broad SMARTS) is 1. The van der Waals surface area contributed by atoms with E-state index < -0.39 is 5.97 Å². The van der Waals surface area contributed by atoms with Crippen molar-refractivity contribution in [3.05, 3.63) is 40.3 Å². The van der Waals surface area contributed by atoms with E-state index in [1.54, 1.807) is 17.1 Å². The van der Waals surface area contributed by atoms with Crippen LogP contribution in [0.1, 0.15) is 15.5 Å². The summed E-state index contributed by atoms with van der Waals surface area (Å²) < 4.78 is 0. The average molecular weight is 266 g/mol. The lowest BCUT2D eigenvalue weighted by molar-refractivity contribution is 0.0696. The van der Waals surface area contributed by atoms with Gasteiger partial charge in [-0.1, -0.05) is 12.1 Å². The van der Waals surface area contributed by atoms with Crippen LogP contribution in [0.5, 0.6) is 0 Å². The van der Waals surface area contributed by atoms with E-state index in [9.17, 15) is 4.79 Å². The molecule has 1 aromatic heterocycles. The highest BCUT2D eigenvalue weighted by molar-refractivity contribution is 7.98. The molecule has 0 saturated carbocycles. The maximum atomic E-state index is 10.7. The number of aromatic carboxylic acids is 1. The summed E-state index contributed by atoms with van der Waals surface area (Å²) in [5.41, 5.74) is 7.30. The van der Waals surface area contributed by atoms with Crippen LogP contribution in [0.15, 0.2) is 34.5 Å². The summed E-state index contributed by atoms with van der Waals surface area (Å²) in [7, 11) is 0. The third-order valence-corrected chi connectivity index (χ3v) is 4.03. The molecule has 4 nitrogen and oxygen atoms in total. The summed E-state index contributed by atoms with van der Waals surface area (Å²) in [5, 5.41) is 10.6. The van der Waals surface area contributed by atoms with E-state index in [1.807, 2.05) is 24.3 Å². The van der Waals surface area contributed by atoms with E-state index in [1.165, 1.54) is 0 Å². The number of para-hydroxylation sites is 1. The van der Waals surface area contributed by atoms with Gasteiger partial charge in [0.25, 0.3) is 0 Å². The summed E-state index contributed by atoms with van der Waals surface area (Å²) in [6, 6.07) is 7.57. The normalized spacial score (nSPS) is 10.4. The zero-order valence-corrected chi connectivity index (χ0v) is 10.4. The van der Waals surface area contributed by atoms with Gasteiger partial charge in [0.05, 0.1) is 5.69 Å². The molecule has 0 fully saturated rings. The van der Waals surface area contributed by atoms with E-state index in [0.29, 0.717) is 5.75 Å². The van der Waals surface area contributed by atoms with Crippen LogP contribution in [0.25, 0.3) is 0 Å². The largest absolute Gasteiger partial charge is 0.476 e. The van der Waals surface area contributed by atoms with Crippen LogP contribution in [0.4, 0.5) is 5.69 Å². The van der Waals surface area contributed by atoms with E-state index in [4.69, 9.17) is 10.8 Å². The van der Waals surface area contributed by atoms with Crippen LogP contribution >= 0.6 is 23.1 Å². The summed E-state index contributed by atoms with van der Waals surface area (Å²) in [6.07, 6.45) is 0. The Kier molecular flexibility index (Phi) is 3.65. The zero-order valence-electron chi connectivity index (χ0n) is 8.79. The van der Waals surface area contributed by atoms with Crippen molar-refractivity contribution >= 4 is 34.8 Å². The molecule has 0 bridgehead atoms. The lowest BCUT2D eigenvalue weighted by atomic mass is 10.3. The van der Waals surface area contributed by atoms with Crippen LogP contribution in [-0.4, -0.2) is 16.1 Å². The molecule has 88 valence electrons. The smallest absolute Gasteiger partial charge is 0.365 e. The van der Waals surface area contributed by atoms with Crippen LogP contribution in [0.2, 0.25) is 0 Å². The second-order valence-corrected chi connectivity index (χ2v) is 5.15. The van der Waals surface area contributed by atoms with Crippen molar-refractivity contribution in [1.82, 2.24) is 4.98 Å². The second kappa shape index (κ2) is 5.20. The lowest BCUT2D eigenvalue weighted by Crippen LogP contribution is -1.95. The third-order valence-electron chi connectivity index (χ3n) is 2.03. The van der Waals surface area contributed by atoms with Crippen molar-refractivity contribution < 1.29 is 9.90 Å². The quantitative estimate of drug-likeness (QED) is 0.657. The number of thioether (sulfide) groups is 1. The van der Waals surface area contributed by atoms with Gasteiger partial charge in [-0.2, -0.15) is 0 Å². The standard InChI is InChI=1S/C11H10N2O2S2/c12-8-3-1-2-4-9(8)16-5-7-6-17-10(13-7)11(14)15/h1-4,6H,5,12H2,(H,14,15). The Bertz CT molecular complexity index is 540. The number of thiazole rings is 1. The van der Waals surface area contributed by atoms with Gasteiger partial charge in [-0.05, 0) is 12.1 Å². The Hall–Kier alpha value is -1.53. The molecule has 0 spiro atoms. The highest BCUT2D eigenvalue weighted by atomic mass is 32.2. The van der Waals surface area contributed by atoms with Gasteiger partial charge in [0, 0.05) is 21.7 Å². The minimum Gasteiger partial charge on any atom is -0.476 e. The predicted octanol–water partition coefficient (Wildman–Crippen LogP) is 2.72. The summed E-state index contributed by atoms with van der Waals surface area (Å²) in [4.78, 5) is 15.7. The van der Waals surface area contributed by atoms with Crippen LogP contribution < -0.4 is 5.73 Å². The Morgan fingerprint density at radius 2 is 2.24 bits per heavy atom. The van der Waals surface area contributed by atoms with E-state index >= 15 is 0 Å². The number of benzene rings is 1. The molecule has 1 aromatic carbocycles. The topological polar surface area (TPSA) is 76.2 Å². The number of nitrogens with two attached hydrogens (primary N) is 1. The molecule has 0 atom stereocenters. The van der Waals surface area contributed by atoms with Crippen molar-refractivity contribution in [2.45, 2.75) is 10.6 Å². The SMILES string of the molecule is Nc1ccccc1SCc1csc(C(=O)O)n1. The molecular formula is C11H10N2O2S2. The number of rotatable bonds is 4. The molecule has 0 aliphatic carbocycles. The number of anilines is 1. The molecule has 0 unspecified atom stereocenters. The minimum absolute atomic E-state index is 0.127. The van der Waals surface area contributed by atoms with Gasteiger partial charge in [-0.3, -0.25) is 0 Å². The van der Waals surface area contributed by atoms with Crippen molar-refractivity contribution in [3.8, 4) is 0 Å². The van der Waals surface area contributed by atoms with Crippen molar-refractivity contribution in [3.63, 3.8) is 0 Å². The molecule has 0 aliphatic rings. The van der Waals surface area contributed by atoms with E-state index in [0.717, 1.165) is 27.6 Å². The summed E-state index contributed by atoms with van der Waals surface area (Å²) in [5.74, 6) is -0.358. The van der Waals surface area contributed by atoms with Gasteiger partial charge in [0.2, 0.25) is 5.01 Å². The van der Waals surface area contributed by atoms with Crippen molar-refractivity contribution in [1.29, 1.82) is 0 Å². The molecule has 17 heavy (non-hydrogen) atoms. The van der Waals surface area contributed by atoms with E-state index in [2.05, 4.69) is 4.98 Å². The number of carboxylic acids is 1. The lowest BCUT2D eigenvalue weighted by Gasteiger charge is -2.02. The number of aromatic nitrogens is 1. The maximum Gasteiger partial charge on any atom is 0.365 e. The van der Waals surface area contributed by atoms with Crippen LogP contribution in [0, 0.1) is 0 Å². The second-order valence-electron chi connectivity index (χ2n) is 3.28. The Labute approximate surface area is 106 Å². The molecule has 0 aliphatic heterocycles. The van der Waals surface area contributed by atoms with Gasteiger partial charge in [0.15, 0.2) is 0 Å². The van der Waals surface area contributed by atoms with Gasteiger partial charge in [-0.25, -0.2) is 9.78 Å². The first-order valence-electron chi connectivity index (χ1n) is 4.82. The maximum absolute atomic E-state index is 10.7. The molecule has 2 rings (SSSR count). The fraction of sp³-hybridized carbons (Fsp3) is 0.0909. The highest BCUT2D eigenvalue weighted by Gasteiger charge is 2.09. The minimum atomic E-state index is -0.981. The van der Waals surface area contributed by atoms with Gasteiger partial charge in [-0.15, -0.1) is 23.1 Å². The summed E-state index contributed by atoms with van der Waals surface area (Å²) in [6.45, 7) is 0. The first-order chi connectivity index (χ1) is 8.16. The Balaban J connectivity index is 2.02. The van der Waals surface area contributed by atoms with Crippen LogP contribution in [-0.2, 0) is 5.75 Å². The fourth-order valence-corrected chi connectivity index (χ4v) is 2.86. The molecule has 6 heteroatoms. The number of hydrogen-bond donors (Lipinski definition) is 2. The number of hydrogen-bond acceptors (Lipinski definition) is 5. The van der Waals surface area contributed by atoms with Gasteiger partial charge in [0.1, 0.15) is 0 Å². The summed E-state index contributed by atoms with van der Waals surface area (Å²) >= 11 is 2.69. The van der Waals surface area contributed by atoms with Gasteiger partial charge >= 0.3 is 5.97 Å². The molecule has 0 saturated heterocycles. The zero-order chi connectivity index (χ0) is 12.3. The average Bonchev–Trinajstić information content (AvgIpc) is 2.77. The molecule has 0 amide bonds. The third kappa shape index (κ3) is 2.98. The van der Waals surface area contributed by atoms with Crippen molar-refractivity contribution in [2.75, 3.05) is 5.73 Å². The monoisotopic (exact) mass is 266 g/mol. The number of nitrogen functional groups attached to an aromatic ring is 1. The van der Waals surface area contributed by atoms with Gasteiger partial charge < -0.3 is 10.8 Å². The van der Waals surface area contributed by atoms with Crippen LogP contribution in [0.3, 0.4) is 0 Å². The first kappa shape index (κ1) is 11.9. The van der Waals surface area contributed by atoms with E-state index in [-0.39, 0.29) is 5.01 Å². The molecule has 3 N–H and O–H groups in total. The first-order valence-corrected chi connectivity index (χ1v) is 6.68. The Morgan fingerprint density at radius 1 is 1.47 bits per heavy atom. The Morgan fingerprint density at radius 3 is 2.88 bits per heavy atom. The molecule has 0 radical (unpaired) electrons. The predicted molar refractivity (Wildman–Crippen MR) is 69.5 cm³/mol. The number of nitrogens with zero attached hydrogens (tertiary/aromatic N) is 1. The molecular weight excluding hydrogens is 256 g/mol.